The minimum atomic E-state index is -3.88. The highest BCUT2D eigenvalue weighted by Gasteiger charge is 2.62. The molecule has 5 aliphatic rings. The van der Waals surface area contributed by atoms with Crippen molar-refractivity contribution < 1.29 is 41.8 Å². The quantitative estimate of drug-likeness (QED) is 0.343. The molecule has 2 saturated heterocycles. The number of hydrogen-bond acceptors (Lipinski definition) is 11. The number of ether oxygens (including phenoxy) is 3. The molecule has 0 radical (unpaired) electrons. The maximum Gasteiger partial charge on any atom is 0.407 e. The van der Waals surface area contributed by atoms with E-state index in [0.29, 0.717) is 66.6 Å². The van der Waals surface area contributed by atoms with Gasteiger partial charge < -0.3 is 29.7 Å². The summed E-state index contributed by atoms with van der Waals surface area (Å²) in [5, 5.41) is 5.17. The molecule has 1 unspecified atom stereocenters. The summed E-state index contributed by atoms with van der Waals surface area (Å²) in [5.41, 5.74) is 0.218. The number of alkyl carbamates (subject to hydrolysis) is 1. The molecule has 3 N–H and O–H groups in total. The molecule has 304 valence electrons. The van der Waals surface area contributed by atoms with E-state index in [4.69, 9.17) is 24.2 Å². The van der Waals surface area contributed by atoms with Crippen molar-refractivity contribution in [1.82, 2.24) is 30.2 Å². The topological polar surface area (TPSA) is 195 Å². The number of carbonyl (C=O) groups is 4. The first-order valence-electron chi connectivity index (χ1n) is 20.1. The van der Waals surface area contributed by atoms with E-state index in [-0.39, 0.29) is 38.1 Å². The van der Waals surface area contributed by atoms with Gasteiger partial charge in [-0.2, -0.15) is 0 Å². The molecular weight excluding hydrogens is 753 g/mol. The fourth-order valence-corrected chi connectivity index (χ4v) is 9.49. The smallest absolute Gasteiger partial charge is 0.407 e. The van der Waals surface area contributed by atoms with Crippen molar-refractivity contribution >= 4 is 44.9 Å². The molecule has 15 nitrogen and oxygen atoms in total. The monoisotopic (exact) mass is 802 g/mol. The highest BCUT2D eigenvalue weighted by Crippen LogP contribution is 2.48. The number of carbonyl (C=O) groups excluding carboxylic acids is 4. The summed E-state index contributed by atoms with van der Waals surface area (Å²) >= 11 is 0. The van der Waals surface area contributed by atoms with Gasteiger partial charge in [-0.3, -0.25) is 19.1 Å². The van der Waals surface area contributed by atoms with Crippen LogP contribution in [0.4, 0.5) is 4.79 Å². The number of nitrogens with one attached hydrogen (secondary N) is 3. The second-order valence-electron chi connectivity index (χ2n) is 17.0. The van der Waals surface area contributed by atoms with Gasteiger partial charge in [0.1, 0.15) is 35.7 Å². The molecule has 4 heterocycles. The summed E-state index contributed by atoms with van der Waals surface area (Å²) in [4.78, 5) is 67.5. The summed E-state index contributed by atoms with van der Waals surface area (Å²) < 4.78 is 46.7. The summed E-state index contributed by atoms with van der Waals surface area (Å²) in [6.07, 6.45) is 4.57. The summed E-state index contributed by atoms with van der Waals surface area (Å²) in [7, 11) is -3.88. The van der Waals surface area contributed by atoms with Gasteiger partial charge in [0.25, 0.3) is 5.91 Å². The molecule has 4 amide bonds. The van der Waals surface area contributed by atoms with Gasteiger partial charge in [-0.15, -0.1) is 0 Å². The number of para-hydroxylation sites is 2. The Kier molecular flexibility index (Phi) is 10.5. The Balaban J connectivity index is 1.19. The third kappa shape index (κ3) is 8.51. The average molecular weight is 803 g/mol. The predicted molar refractivity (Wildman–Crippen MR) is 208 cm³/mol. The van der Waals surface area contributed by atoms with Crippen molar-refractivity contribution in [3.63, 3.8) is 0 Å². The van der Waals surface area contributed by atoms with E-state index < -0.39 is 68.1 Å². The van der Waals surface area contributed by atoms with Crippen LogP contribution in [0.3, 0.4) is 0 Å². The van der Waals surface area contributed by atoms with Crippen LogP contribution in [-0.4, -0.2) is 96.3 Å². The lowest BCUT2D eigenvalue weighted by Gasteiger charge is -2.27. The number of benzene rings is 2. The molecule has 5 atom stereocenters. The van der Waals surface area contributed by atoms with Crippen LogP contribution in [0.1, 0.15) is 78.1 Å². The van der Waals surface area contributed by atoms with E-state index in [2.05, 4.69) is 15.4 Å². The summed E-state index contributed by atoms with van der Waals surface area (Å²) in [5.74, 6) is -2.24. The molecular formula is C41H50N6O9S. The number of sulfonamides is 1. The van der Waals surface area contributed by atoms with Crippen molar-refractivity contribution in [2.45, 2.75) is 101 Å². The average Bonchev–Trinajstić information content (AvgIpc) is 4.11. The Morgan fingerprint density at radius 1 is 0.877 bits per heavy atom. The highest BCUT2D eigenvalue weighted by molar-refractivity contribution is 7.91. The van der Waals surface area contributed by atoms with Crippen LogP contribution in [0.5, 0.6) is 11.6 Å². The SMILES string of the molecule is CC1(C)COC(=O)N[C@H]2CCCCCCC[C@@H]3C[C@]3(C(=O)NS(=O)(=O)C3CC3)NC(=O)C3CN(C[C@@H]3Oc3nc4ccccc4nc3-c3cccc(c3)OC1)C2=O. The van der Waals surface area contributed by atoms with Gasteiger partial charge in [0.05, 0.1) is 35.4 Å². The number of rotatable bonds is 3. The third-order valence-corrected chi connectivity index (χ3v) is 13.6. The minimum Gasteiger partial charge on any atom is -0.493 e. The van der Waals surface area contributed by atoms with E-state index in [1.54, 1.807) is 6.07 Å². The molecule has 16 heteroatoms. The Labute approximate surface area is 332 Å². The van der Waals surface area contributed by atoms with Crippen LogP contribution in [0.15, 0.2) is 48.5 Å². The number of aromatic nitrogens is 2. The molecule has 2 aromatic carbocycles. The zero-order valence-electron chi connectivity index (χ0n) is 32.3. The Bertz CT molecular complexity index is 2180. The lowest BCUT2D eigenvalue weighted by molar-refractivity contribution is -0.134. The Morgan fingerprint density at radius 2 is 1.60 bits per heavy atom. The number of fused-ring (bicyclic) bond motifs is 10. The van der Waals surface area contributed by atoms with E-state index in [0.717, 1.165) is 25.7 Å². The molecule has 6 bridgehead atoms. The fourth-order valence-electron chi connectivity index (χ4n) is 8.13. The van der Waals surface area contributed by atoms with Crippen LogP contribution in [0.2, 0.25) is 0 Å². The summed E-state index contributed by atoms with van der Waals surface area (Å²) in [6.45, 7) is 3.96. The predicted octanol–water partition coefficient (Wildman–Crippen LogP) is 4.24. The van der Waals surface area contributed by atoms with Crippen molar-refractivity contribution in [2.24, 2.45) is 17.3 Å². The second kappa shape index (κ2) is 15.4. The van der Waals surface area contributed by atoms with E-state index >= 15 is 0 Å². The molecule has 4 fully saturated rings. The molecule has 2 aliphatic carbocycles. The maximum atomic E-state index is 14.6. The molecule has 2 saturated carbocycles. The van der Waals surface area contributed by atoms with Crippen molar-refractivity contribution in [3.05, 3.63) is 48.5 Å². The number of amides is 4. The lowest BCUT2D eigenvalue weighted by atomic mass is 9.96. The van der Waals surface area contributed by atoms with Gasteiger partial charge in [-0.1, -0.05) is 70.2 Å². The van der Waals surface area contributed by atoms with Crippen LogP contribution in [0, 0.1) is 17.3 Å². The summed E-state index contributed by atoms with van der Waals surface area (Å²) in [6, 6.07) is 13.7. The van der Waals surface area contributed by atoms with Crippen molar-refractivity contribution in [3.8, 4) is 22.9 Å². The molecule has 3 aromatic rings. The minimum absolute atomic E-state index is 0.0277. The normalized spacial score (nSPS) is 28.3. The zero-order valence-corrected chi connectivity index (χ0v) is 33.1. The van der Waals surface area contributed by atoms with Crippen LogP contribution >= 0.6 is 0 Å². The fraction of sp³-hybridized carbons (Fsp3) is 0.561. The van der Waals surface area contributed by atoms with Gasteiger partial charge in [-0.25, -0.2) is 23.2 Å². The molecule has 1 aromatic heterocycles. The van der Waals surface area contributed by atoms with Gasteiger partial charge >= 0.3 is 6.09 Å². The number of nitrogens with zero attached hydrogens (tertiary/aromatic N) is 3. The van der Waals surface area contributed by atoms with Gasteiger partial charge in [0.2, 0.25) is 27.7 Å². The van der Waals surface area contributed by atoms with E-state index in [9.17, 15) is 27.6 Å². The maximum absolute atomic E-state index is 14.6. The second-order valence-corrected chi connectivity index (χ2v) is 19.0. The highest BCUT2D eigenvalue weighted by atomic mass is 32.2. The number of hydrogen-bond donors (Lipinski definition) is 3. The van der Waals surface area contributed by atoms with Gasteiger partial charge in [0.15, 0.2) is 0 Å². The van der Waals surface area contributed by atoms with E-state index in [1.807, 2.05) is 56.3 Å². The first kappa shape index (κ1) is 38.9. The van der Waals surface area contributed by atoms with Crippen LogP contribution < -0.4 is 24.8 Å². The number of cyclic esters (lactones) is 1. The zero-order chi connectivity index (χ0) is 40.0. The van der Waals surface area contributed by atoms with Gasteiger partial charge in [-0.05, 0) is 62.3 Å². The molecule has 8 rings (SSSR count). The standard InChI is InChI=1S/C41H50N6O9S/c1-40(2)23-54-27-13-10-11-25(19-27)34-36(43-31-15-9-8-14-30(31)42-34)56-33-22-47-21-29(33)35(48)45-41(38(50)46-57(52,53)28-17-18-28)20-26(41)12-6-4-3-5-7-16-32(37(47)49)44-39(51)55-24-40/h8-11,13-15,19,26,28-29,32-33H,3-7,12,16-18,20-24H2,1-2H3,(H,44,51)(H,45,48)(H,46,50)/t26-,29?,32+,33+,41+/m1/s1. The first-order valence-corrected chi connectivity index (χ1v) is 21.6. The molecule has 3 aliphatic heterocycles. The lowest BCUT2D eigenvalue weighted by Crippen LogP contribution is -2.55. The largest absolute Gasteiger partial charge is 0.493 e. The van der Waals surface area contributed by atoms with Crippen molar-refractivity contribution in [1.29, 1.82) is 0 Å². The van der Waals surface area contributed by atoms with E-state index in [1.165, 1.54) is 4.90 Å². The Morgan fingerprint density at radius 3 is 2.37 bits per heavy atom. The van der Waals surface area contributed by atoms with Crippen LogP contribution in [0.25, 0.3) is 22.3 Å². The molecule has 0 spiro atoms. The van der Waals surface area contributed by atoms with Gasteiger partial charge in [0, 0.05) is 17.5 Å². The van der Waals surface area contributed by atoms with Crippen molar-refractivity contribution in [2.75, 3.05) is 26.3 Å². The first-order chi connectivity index (χ1) is 27.3. The Hall–Kier alpha value is -4.99. The third-order valence-electron chi connectivity index (χ3n) is 11.7. The van der Waals surface area contributed by atoms with Crippen LogP contribution in [-0.2, 0) is 29.1 Å². The molecule has 57 heavy (non-hydrogen) atoms.